The summed E-state index contributed by atoms with van der Waals surface area (Å²) in [6, 6.07) is 13.4. The summed E-state index contributed by atoms with van der Waals surface area (Å²) in [4.78, 5) is 11.5. The monoisotopic (exact) mass is 582 g/mol. The summed E-state index contributed by atoms with van der Waals surface area (Å²) in [5.74, 6) is -1.33. The second-order valence-corrected chi connectivity index (χ2v) is 11.5. The number of fused-ring (bicyclic) bond motifs is 3. The van der Waals surface area contributed by atoms with Gasteiger partial charge in [-0.2, -0.15) is 27.1 Å². The number of hydrogen-bond acceptors (Lipinski definition) is 10. The van der Waals surface area contributed by atoms with Crippen molar-refractivity contribution in [2.24, 2.45) is 10.2 Å². The molecule has 0 bridgehead atoms. The van der Waals surface area contributed by atoms with Crippen LogP contribution in [0.3, 0.4) is 0 Å². The van der Waals surface area contributed by atoms with E-state index >= 15 is 0 Å². The number of carboxylic acid groups (broad SMARTS) is 1. The molecule has 0 aliphatic rings. The van der Waals surface area contributed by atoms with E-state index in [-0.39, 0.29) is 38.7 Å². The van der Waals surface area contributed by atoms with Crippen LogP contribution in [0.5, 0.6) is 0 Å². The molecule has 0 saturated carbocycles. The Morgan fingerprint density at radius 3 is 2.27 bits per heavy atom. The first-order valence-corrected chi connectivity index (χ1v) is 14.0. The maximum Gasteiger partial charge on any atom is 0.338 e. The summed E-state index contributed by atoms with van der Waals surface area (Å²) >= 11 is 0. The van der Waals surface area contributed by atoms with Gasteiger partial charge in [-0.3, -0.25) is 9.11 Å². The predicted molar refractivity (Wildman–Crippen MR) is 143 cm³/mol. The molecule has 5 N–H and O–H groups in total. The van der Waals surface area contributed by atoms with Crippen LogP contribution in [0.15, 0.2) is 80.7 Å². The van der Waals surface area contributed by atoms with Gasteiger partial charge >= 0.3 is 5.97 Å². The molecule has 0 unspecified atom stereocenters. The maximum absolute atomic E-state index is 12.1. The number of aromatic carboxylic acids is 1. The topological polar surface area (TPSA) is 227 Å². The number of aryl methyl sites for hydroxylation is 1. The second kappa shape index (κ2) is 9.45. The van der Waals surface area contributed by atoms with Crippen molar-refractivity contribution in [3.8, 4) is 5.69 Å². The number of carboxylic acids is 1. The molecule has 0 radical (unpaired) electrons. The number of nitrogens with zero attached hydrogens (tertiary/aromatic N) is 5. The van der Waals surface area contributed by atoms with Gasteiger partial charge in [0.15, 0.2) is 0 Å². The minimum Gasteiger partial charge on any atom is -0.478 e. The summed E-state index contributed by atoms with van der Waals surface area (Å²) in [5, 5.41) is 26.5. The molecule has 16 heteroatoms. The summed E-state index contributed by atoms with van der Waals surface area (Å²) in [6.07, 6.45) is 0. The van der Waals surface area contributed by atoms with Crippen LogP contribution in [0.25, 0.3) is 27.5 Å². The van der Waals surface area contributed by atoms with E-state index < -0.39 is 36.0 Å². The standard InChI is InChI=1S/C24H18N6O8S2/c1-12-8-13(25)2-5-19(12)27-26-14-3-7-21(18(9-14)24(31)32)30-28-20-6-4-16-17(23(20)29-30)10-15(39(33,34)35)11-22(16)40(36,37)38/h2-11H,25H2,1H3,(H,31,32)(H,33,34,35)(H,36,37,38). The number of rotatable bonds is 6. The Balaban J connectivity index is 1.66. The molecular formula is C24H18N6O8S2. The van der Waals surface area contributed by atoms with Gasteiger partial charge in [0.2, 0.25) is 0 Å². The van der Waals surface area contributed by atoms with Crippen molar-refractivity contribution in [3.63, 3.8) is 0 Å². The summed E-state index contributed by atoms with van der Waals surface area (Å²) in [5.41, 5.74) is 7.72. The quantitative estimate of drug-likeness (QED) is 0.127. The first kappa shape index (κ1) is 26.8. The highest BCUT2D eigenvalue weighted by atomic mass is 32.2. The van der Waals surface area contributed by atoms with Gasteiger partial charge in [0.1, 0.15) is 21.6 Å². The average Bonchev–Trinajstić information content (AvgIpc) is 3.31. The van der Waals surface area contributed by atoms with Crippen molar-refractivity contribution in [2.45, 2.75) is 16.7 Å². The lowest BCUT2D eigenvalue weighted by Crippen LogP contribution is -2.07. The van der Waals surface area contributed by atoms with E-state index in [1.807, 2.05) is 0 Å². The number of hydrogen-bond donors (Lipinski definition) is 4. The highest BCUT2D eigenvalue weighted by Gasteiger charge is 2.23. The van der Waals surface area contributed by atoms with Crippen LogP contribution in [-0.2, 0) is 20.2 Å². The van der Waals surface area contributed by atoms with Crippen molar-refractivity contribution in [2.75, 3.05) is 5.73 Å². The van der Waals surface area contributed by atoms with Crippen LogP contribution in [0.1, 0.15) is 15.9 Å². The molecule has 0 amide bonds. The van der Waals surface area contributed by atoms with Crippen LogP contribution >= 0.6 is 0 Å². The number of anilines is 1. The fourth-order valence-corrected chi connectivity index (χ4v) is 5.40. The smallest absolute Gasteiger partial charge is 0.338 e. The third-order valence-corrected chi connectivity index (χ3v) is 7.64. The highest BCUT2D eigenvalue weighted by Crippen LogP contribution is 2.32. The van der Waals surface area contributed by atoms with Crippen LogP contribution in [0.2, 0.25) is 0 Å². The number of benzene rings is 4. The van der Waals surface area contributed by atoms with E-state index in [9.17, 15) is 35.8 Å². The molecule has 0 aliphatic heterocycles. The van der Waals surface area contributed by atoms with Crippen molar-refractivity contribution < 1.29 is 35.8 Å². The zero-order valence-electron chi connectivity index (χ0n) is 20.3. The summed E-state index contributed by atoms with van der Waals surface area (Å²) < 4.78 is 66.7. The van der Waals surface area contributed by atoms with Gasteiger partial charge in [0.05, 0.1) is 21.8 Å². The summed E-state index contributed by atoms with van der Waals surface area (Å²) in [6.45, 7) is 1.80. The lowest BCUT2D eigenvalue weighted by atomic mass is 10.1. The van der Waals surface area contributed by atoms with Crippen LogP contribution in [0.4, 0.5) is 17.1 Å². The number of aromatic nitrogens is 3. The molecule has 40 heavy (non-hydrogen) atoms. The Bertz CT molecular complexity index is 2120. The van der Waals surface area contributed by atoms with Crippen molar-refractivity contribution in [1.29, 1.82) is 0 Å². The first-order chi connectivity index (χ1) is 18.7. The SMILES string of the molecule is Cc1cc(N)ccc1N=Nc1ccc(-n2nc3ccc4c(S(=O)(=O)O)cc(S(=O)(=O)O)cc4c3n2)c(C(=O)O)c1. The fourth-order valence-electron chi connectivity index (χ4n) is 4.06. The third kappa shape index (κ3) is 4.98. The molecule has 1 heterocycles. The Hall–Kier alpha value is -4.77. The molecule has 5 rings (SSSR count). The van der Waals surface area contributed by atoms with Gasteiger partial charge in [-0.1, -0.05) is 6.07 Å². The van der Waals surface area contributed by atoms with Crippen molar-refractivity contribution in [3.05, 3.63) is 71.8 Å². The van der Waals surface area contributed by atoms with E-state index in [1.54, 1.807) is 25.1 Å². The molecule has 0 saturated heterocycles. The fraction of sp³-hybridized carbons (Fsp3) is 0.0417. The highest BCUT2D eigenvalue weighted by molar-refractivity contribution is 7.86. The zero-order valence-corrected chi connectivity index (χ0v) is 21.9. The van der Waals surface area contributed by atoms with E-state index in [0.717, 1.165) is 16.4 Å². The normalized spacial score (nSPS) is 12.5. The number of carbonyl (C=O) groups is 1. The molecule has 0 aliphatic carbocycles. The van der Waals surface area contributed by atoms with Gasteiger partial charge in [-0.25, -0.2) is 4.79 Å². The van der Waals surface area contributed by atoms with Crippen molar-refractivity contribution in [1.82, 2.24) is 15.0 Å². The molecule has 5 aromatic rings. The molecule has 4 aromatic carbocycles. The lowest BCUT2D eigenvalue weighted by Gasteiger charge is -2.07. The van der Waals surface area contributed by atoms with E-state index in [4.69, 9.17) is 5.73 Å². The molecule has 0 fully saturated rings. The van der Waals surface area contributed by atoms with Gasteiger partial charge in [-0.05, 0) is 67.1 Å². The van der Waals surface area contributed by atoms with E-state index in [1.165, 1.54) is 30.3 Å². The molecule has 1 aromatic heterocycles. The Morgan fingerprint density at radius 2 is 1.62 bits per heavy atom. The minimum absolute atomic E-state index is 0.0143. The van der Waals surface area contributed by atoms with E-state index in [0.29, 0.717) is 17.4 Å². The molecule has 204 valence electrons. The third-order valence-electron chi connectivity index (χ3n) is 5.91. The molecule has 0 spiro atoms. The predicted octanol–water partition coefficient (Wildman–Crippen LogP) is 4.07. The van der Waals surface area contributed by atoms with Gasteiger partial charge in [-0.15, -0.1) is 15.0 Å². The Morgan fingerprint density at radius 1 is 0.875 bits per heavy atom. The maximum atomic E-state index is 12.1. The first-order valence-electron chi connectivity index (χ1n) is 11.2. The molecular weight excluding hydrogens is 564 g/mol. The number of azo groups is 1. The van der Waals surface area contributed by atoms with Gasteiger partial charge in [0, 0.05) is 16.5 Å². The molecule has 0 atom stereocenters. The van der Waals surface area contributed by atoms with Crippen LogP contribution < -0.4 is 5.73 Å². The van der Waals surface area contributed by atoms with Gasteiger partial charge < -0.3 is 10.8 Å². The Labute approximate surface area is 225 Å². The van der Waals surface area contributed by atoms with Crippen LogP contribution in [0, 0.1) is 6.92 Å². The minimum atomic E-state index is -4.91. The van der Waals surface area contributed by atoms with Gasteiger partial charge in [0.25, 0.3) is 20.2 Å². The molecule has 14 nitrogen and oxygen atoms in total. The average molecular weight is 583 g/mol. The zero-order chi connectivity index (χ0) is 29.0. The lowest BCUT2D eigenvalue weighted by molar-refractivity contribution is 0.0696. The second-order valence-electron chi connectivity index (χ2n) is 8.64. The number of nitrogens with two attached hydrogens (primary N) is 1. The van der Waals surface area contributed by atoms with Crippen LogP contribution in [-0.4, -0.2) is 52.0 Å². The van der Waals surface area contributed by atoms with E-state index in [2.05, 4.69) is 20.4 Å². The Kier molecular flexibility index (Phi) is 6.34. The summed E-state index contributed by atoms with van der Waals surface area (Å²) in [7, 11) is -9.79. The number of nitrogen functional groups attached to an aromatic ring is 1. The largest absolute Gasteiger partial charge is 0.478 e. The van der Waals surface area contributed by atoms with Crippen molar-refractivity contribution >= 4 is 65.1 Å².